The normalized spacial score (nSPS) is 12.5. The number of rotatable bonds is 6. The fourth-order valence-corrected chi connectivity index (χ4v) is 10.8. The van der Waals surface area contributed by atoms with Crippen LogP contribution in [0.1, 0.15) is 111 Å². The molecule has 0 saturated heterocycles. The Balaban J connectivity index is 0.00000608. The molecule has 70 heavy (non-hydrogen) atoms. The quantitative estimate of drug-likeness (QED) is 0.156. The number of benzene rings is 7. The number of hydrogen-bond acceptors (Lipinski definition) is 5. The molecule has 7 aromatic carbocycles. The van der Waals surface area contributed by atoms with E-state index in [4.69, 9.17) is 15.0 Å². The van der Waals surface area contributed by atoms with Crippen molar-refractivity contribution < 1.29 is 21.1 Å². The molecule has 0 fully saturated rings. The minimum Gasteiger partial charge on any atom is -0.333 e. The van der Waals surface area contributed by atoms with E-state index in [0.29, 0.717) is 5.56 Å². The summed E-state index contributed by atoms with van der Waals surface area (Å²) in [5, 5.41) is 13.2. The SMILES string of the molecule is CC(C)(C)Cc1ccc2c(c1)sc1c(-c3[c-]c(-c4cccc5c4nc(-c4[c-]c(C(C)(C)C)cc(C(C)(C)C)c4)n5-c4ccc(C(C)(C)C)cc4-c4ccccc4)cc4cc(C#N)ccc34)ncnc12.[Pt+2]. The summed E-state index contributed by atoms with van der Waals surface area (Å²) in [5.74, 6) is 0.816. The third-order valence-electron chi connectivity index (χ3n) is 13.2. The van der Waals surface area contributed by atoms with E-state index in [1.807, 2.05) is 18.2 Å². The molecule has 0 atom stereocenters. The molecule has 3 heterocycles. The minimum absolute atomic E-state index is 0. The summed E-state index contributed by atoms with van der Waals surface area (Å²) >= 11 is 1.74. The number of nitrogens with zero attached hydrogens (tertiary/aromatic N) is 5. The molecule has 7 heteroatoms. The van der Waals surface area contributed by atoms with Gasteiger partial charge in [0.1, 0.15) is 6.33 Å². The second kappa shape index (κ2) is 17.9. The van der Waals surface area contributed by atoms with Crippen molar-refractivity contribution in [1.29, 1.82) is 5.26 Å². The van der Waals surface area contributed by atoms with Gasteiger partial charge in [0.15, 0.2) is 0 Å². The number of imidazole rings is 1. The molecule has 352 valence electrons. The van der Waals surface area contributed by atoms with Crippen molar-refractivity contribution in [2.75, 3.05) is 0 Å². The second-order valence-electron chi connectivity index (χ2n) is 23.0. The summed E-state index contributed by atoms with van der Waals surface area (Å²) in [4.78, 5) is 15.7. The zero-order valence-electron chi connectivity index (χ0n) is 42.3. The maximum Gasteiger partial charge on any atom is 2.00 e. The van der Waals surface area contributed by atoms with Gasteiger partial charge in [-0.3, -0.25) is 9.97 Å². The average molecular weight is 1110 g/mol. The Labute approximate surface area is 432 Å². The fraction of sp³-hybridized carbons (Fsp3) is 0.270. The summed E-state index contributed by atoms with van der Waals surface area (Å²) < 4.78 is 4.56. The first-order valence-electron chi connectivity index (χ1n) is 24.0. The van der Waals surface area contributed by atoms with Crippen molar-refractivity contribution in [1.82, 2.24) is 19.5 Å². The Bertz CT molecular complexity index is 3660. The molecule has 0 aliphatic heterocycles. The first-order chi connectivity index (χ1) is 32.6. The van der Waals surface area contributed by atoms with Crippen LogP contribution in [-0.2, 0) is 43.7 Å². The van der Waals surface area contributed by atoms with Crippen LogP contribution in [0.5, 0.6) is 0 Å². The van der Waals surface area contributed by atoms with Gasteiger partial charge in [-0.1, -0.05) is 184 Å². The molecule has 0 spiro atoms. The van der Waals surface area contributed by atoms with Gasteiger partial charge in [-0.15, -0.1) is 63.9 Å². The number of thiophene rings is 1. The average Bonchev–Trinajstić information content (AvgIpc) is 3.88. The first kappa shape index (κ1) is 48.8. The summed E-state index contributed by atoms with van der Waals surface area (Å²) in [6, 6.07) is 53.8. The Kier molecular flexibility index (Phi) is 12.4. The predicted octanol–water partition coefficient (Wildman–Crippen LogP) is 17.0. The van der Waals surface area contributed by atoms with Gasteiger partial charge >= 0.3 is 21.1 Å². The predicted molar refractivity (Wildman–Crippen MR) is 290 cm³/mol. The molecule has 0 amide bonds. The van der Waals surface area contributed by atoms with Crippen LogP contribution in [0.2, 0.25) is 0 Å². The Morgan fingerprint density at radius 3 is 2.07 bits per heavy atom. The van der Waals surface area contributed by atoms with Crippen LogP contribution < -0.4 is 0 Å². The summed E-state index contributed by atoms with van der Waals surface area (Å²) in [6.07, 6.45) is 2.66. The van der Waals surface area contributed by atoms with E-state index in [1.165, 1.54) is 21.4 Å². The van der Waals surface area contributed by atoms with Crippen molar-refractivity contribution in [3.05, 3.63) is 168 Å². The number of aromatic nitrogens is 4. The van der Waals surface area contributed by atoms with Crippen LogP contribution in [0.15, 0.2) is 128 Å². The van der Waals surface area contributed by atoms with Crippen molar-refractivity contribution >= 4 is 53.4 Å². The largest absolute Gasteiger partial charge is 2.00 e. The van der Waals surface area contributed by atoms with Crippen LogP contribution in [0.25, 0.3) is 92.7 Å². The smallest absolute Gasteiger partial charge is 0.333 e. The molecule has 10 rings (SSSR count). The molecule has 10 aromatic rings. The maximum atomic E-state index is 10.2. The van der Waals surface area contributed by atoms with Gasteiger partial charge in [-0.05, 0) is 69.0 Å². The van der Waals surface area contributed by atoms with Crippen LogP contribution in [0.3, 0.4) is 0 Å². The zero-order chi connectivity index (χ0) is 48.8. The Hall–Kier alpha value is -6.25. The summed E-state index contributed by atoms with van der Waals surface area (Å²) in [5.41, 5.74) is 15.8. The summed E-state index contributed by atoms with van der Waals surface area (Å²) in [6.45, 7) is 27.3. The van der Waals surface area contributed by atoms with Crippen LogP contribution in [-0.4, -0.2) is 19.5 Å². The third-order valence-corrected chi connectivity index (χ3v) is 14.4. The van der Waals surface area contributed by atoms with Crippen LogP contribution >= 0.6 is 11.3 Å². The van der Waals surface area contributed by atoms with E-state index < -0.39 is 0 Å². The molecule has 0 bridgehead atoms. The molecule has 0 N–H and O–H groups in total. The fourth-order valence-electron chi connectivity index (χ4n) is 9.54. The van der Waals surface area contributed by atoms with Gasteiger partial charge in [0, 0.05) is 31.7 Å². The van der Waals surface area contributed by atoms with Crippen molar-refractivity contribution in [3.63, 3.8) is 0 Å². The standard InChI is InChI=1S/C63H59N5S.Pt/c1-60(2,3)35-38-21-25-49-54(28-38)69-58-56(49)65-37-66-57(58)51-32-42(29-41-27-39(36-64)22-24-47(41)51)48-19-16-20-53-55(48)67-59(43-30-45(62(7,8)9)33-46(31-43)63(10,11)12)68(53)52-26-23-44(61(4,5)6)34-50(52)40-17-14-13-15-18-40;/h13-30,33-34,37H,35H2,1-12H3;/q-2;+2. The van der Waals surface area contributed by atoms with E-state index in [0.717, 1.165) is 100.0 Å². The van der Waals surface area contributed by atoms with Crippen LogP contribution in [0.4, 0.5) is 0 Å². The Morgan fingerprint density at radius 2 is 1.37 bits per heavy atom. The molecule has 0 unspecified atom stereocenters. The number of hydrogen-bond donors (Lipinski definition) is 0. The molecule has 0 radical (unpaired) electrons. The molecular formula is C63H59N5PtS. The minimum atomic E-state index is -0.157. The van der Waals surface area contributed by atoms with Crippen molar-refractivity contribution in [2.45, 2.75) is 106 Å². The van der Waals surface area contributed by atoms with Gasteiger partial charge in [0.2, 0.25) is 0 Å². The van der Waals surface area contributed by atoms with Gasteiger partial charge in [0.05, 0.1) is 34.0 Å². The number of nitriles is 1. The monoisotopic (exact) mass is 1110 g/mol. The molecule has 0 aliphatic rings. The number of para-hydroxylation sites is 1. The van der Waals surface area contributed by atoms with Crippen molar-refractivity contribution in [3.8, 4) is 56.7 Å². The summed E-state index contributed by atoms with van der Waals surface area (Å²) in [7, 11) is 0. The van der Waals surface area contributed by atoms with E-state index in [-0.39, 0.29) is 42.7 Å². The van der Waals surface area contributed by atoms with Gasteiger partial charge < -0.3 is 4.57 Å². The van der Waals surface area contributed by atoms with Gasteiger partial charge in [-0.2, -0.15) is 5.26 Å². The molecule has 0 saturated carbocycles. The van der Waals surface area contributed by atoms with E-state index in [2.05, 4.69) is 209 Å². The maximum absolute atomic E-state index is 10.2. The number of fused-ring (bicyclic) bond motifs is 5. The van der Waals surface area contributed by atoms with E-state index >= 15 is 0 Å². The molecular weight excluding hydrogens is 1050 g/mol. The van der Waals surface area contributed by atoms with Crippen molar-refractivity contribution in [2.24, 2.45) is 5.41 Å². The third kappa shape index (κ3) is 9.16. The zero-order valence-corrected chi connectivity index (χ0v) is 45.4. The molecule has 5 nitrogen and oxygen atoms in total. The first-order valence-corrected chi connectivity index (χ1v) is 24.8. The Morgan fingerprint density at radius 1 is 0.629 bits per heavy atom. The van der Waals surface area contributed by atoms with Gasteiger partial charge in [-0.25, -0.2) is 4.98 Å². The van der Waals surface area contributed by atoms with Gasteiger partial charge in [0.25, 0.3) is 0 Å². The second-order valence-corrected chi connectivity index (χ2v) is 24.1. The topological polar surface area (TPSA) is 67.4 Å². The van der Waals surface area contributed by atoms with Crippen LogP contribution in [0, 0.1) is 28.9 Å². The molecule has 0 aliphatic carbocycles. The molecule has 3 aromatic heterocycles. The van der Waals surface area contributed by atoms with E-state index in [9.17, 15) is 5.26 Å². The van der Waals surface area contributed by atoms with E-state index in [1.54, 1.807) is 17.7 Å².